The molecule has 5 nitrogen and oxygen atoms in total. The lowest BCUT2D eigenvalue weighted by Gasteiger charge is -2.25. The Morgan fingerprint density at radius 3 is 2.54 bits per heavy atom. The lowest BCUT2D eigenvalue weighted by molar-refractivity contribution is -0.105. The van der Waals surface area contributed by atoms with Crippen LogP contribution in [0, 0.1) is 0 Å². The van der Waals surface area contributed by atoms with Gasteiger partial charge in [-0.25, -0.2) is 4.39 Å². The van der Waals surface area contributed by atoms with Crippen LogP contribution in [0.3, 0.4) is 0 Å². The Morgan fingerprint density at radius 2 is 1.96 bits per heavy atom. The Morgan fingerprint density at radius 1 is 1.27 bits per heavy atom. The number of thioether (sulfide) groups is 1. The van der Waals surface area contributed by atoms with Crippen LogP contribution in [0.15, 0.2) is 46.6 Å². The predicted molar refractivity (Wildman–Crippen MR) is 110 cm³/mol. The topological polar surface area (TPSA) is 65.3 Å². The summed E-state index contributed by atoms with van der Waals surface area (Å²) < 4.78 is 13.5. The minimum Gasteiger partial charge on any atom is -0.400 e. The number of aliphatic hydroxyl groups is 1. The van der Waals surface area contributed by atoms with Crippen LogP contribution >= 0.6 is 11.8 Å². The molecule has 0 atom stereocenters. The van der Waals surface area contributed by atoms with Crippen molar-refractivity contribution in [1.82, 2.24) is 0 Å². The molecule has 26 heavy (non-hydrogen) atoms. The molecular weight excluding hydrogens is 353 g/mol. The lowest BCUT2D eigenvalue weighted by Crippen LogP contribution is -2.32. The molecule has 140 valence electrons. The van der Waals surface area contributed by atoms with Crippen molar-refractivity contribution in [2.45, 2.75) is 13.3 Å². The number of halogens is 1. The molecule has 0 aliphatic heterocycles. The molecule has 0 spiro atoms. The van der Waals surface area contributed by atoms with Crippen LogP contribution in [0.1, 0.15) is 12.5 Å². The molecule has 0 fully saturated rings. The fourth-order valence-electron chi connectivity index (χ4n) is 2.60. The second kappa shape index (κ2) is 12.2. The van der Waals surface area contributed by atoms with Gasteiger partial charge in [0.25, 0.3) is 0 Å². The number of nitrogens with zero attached hydrogens (tertiary/aromatic N) is 3. The maximum absolute atomic E-state index is 13.5. The number of rotatable bonds is 8. The van der Waals surface area contributed by atoms with Crippen molar-refractivity contribution in [2.75, 3.05) is 30.3 Å². The van der Waals surface area contributed by atoms with E-state index in [1.165, 1.54) is 17.3 Å². The number of hydrogen-bond donors (Lipinski definition) is 1. The first-order chi connectivity index (χ1) is 12.8. The van der Waals surface area contributed by atoms with E-state index in [4.69, 9.17) is 5.11 Å². The summed E-state index contributed by atoms with van der Waals surface area (Å²) in [6.45, 7) is 4.66. The van der Waals surface area contributed by atoms with Crippen LogP contribution in [0.5, 0.6) is 0 Å². The molecule has 0 aromatic heterocycles. The summed E-state index contributed by atoms with van der Waals surface area (Å²) in [6, 6.07) is 12.0. The van der Waals surface area contributed by atoms with Crippen molar-refractivity contribution in [2.24, 2.45) is 10.2 Å². The lowest BCUT2D eigenvalue weighted by atomic mass is 10.0. The molecule has 0 amide bonds. The van der Waals surface area contributed by atoms with Crippen molar-refractivity contribution >= 4 is 47.1 Å². The molecular formula is C19H24FN3O2S. The highest BCUT2D eigenvalue weighted by Gasteiger charge is 2.17. The minimum absolute atomic E-state index is 0.179. The van der Waals surface area contributed by atoms with Crippen LogP contribution < -0.4 is 4.90 Å². The van der Waals surface area contributed by atoms with Gasteiger partial charge >= 0.3 is 0 Å². The Balaban J connectivity index is 0.00000163. The third-order valence-electron chi connectivity index (χ3n) is 3.69. The van der Waals surface area contributed by atoms with Crippen molar-refractivity contribution in [1.29, 1.82) is 0 Å². The number of alkyl halides is 1. The quantitative estimate of drug-likeness (QED) is 0.190. The SMILES string of the molecule is C=N/N=C(/CF)N(CSCC=O)c1ccc(CC)c2ccccc12.CO. The molecule has 0 bridgehead atoms. The number of anilines is 1. The Bertz CT molecular complexity index is 753. The summed E-state index contributed by atoms with van der Waals surface area (Å²) in [5.74, 6) is 0.924. The molecule has 2 aromatic carbocycles. The van der Waals surface area contributed by atoms with Gasteiger partial charge in [-0.1, -0.05) is 37.3 Å². The van der Waals surface area contributed by atoms with E-state index in [2.05, 4.69) is 29.9 Å². The van der Waals surface area contributed by atoms with Crippen molar-refractivity contribution < 1.29 is 14.3 Å². The number of fused-ring (bicyclic) bond motifs is 1. The largest absolute Gasteiger partial charge is 0.400 e. The number of aryl methyl sites for hydroxylation is 1. The molecule has 0 saturated carbocycles. The van der Waals surface area contributed by atoms with Crippen LogP contribution in [-0.4, -0.2) is 49.4 Å². The van der Waals surface area contributed by atoms with Gasteiger partial charge < -0.3 is 14.8 Å². The first-order valence-corrected chi connectivity index (χ1v) is 9.25. The summed E-state index contributed by atoms with van der Waals surface area (Å²) in [5.41, 5.74) is 2.08. The van der Waals surface area contributed by atoms with E-state index in [-0.39, 0.29) is 5.84 Å². The molecule has 0 saturated heterocycles. The first kappa shape index (κ1) is 21.8. The zero-order valence-electron chi connectivity index (χ0n) is 15.1. The average molecular weight is 377 g/mol. The van der Waals surface area contributed by atoms with Crippen molar-refractivity contribution in [3.8, 4) is 0 Å². The highest BCUT2D eigenvalue weighted by molar-refractivity contribution is 7.99. The summed E-state index contributed by atoms with van der Waals surface area (Å²) >= 11 is 1.39. The van der Waals surface area contributed by atoms with Gasteiger partial charge in [-0.05, 0) is 23.4 Å². The Kier molecular flexibility index (Phi) is 10.2. The van der Waals surface area contributed by atoms with Crippen molar-refractivity contribution in [3.05, 3.63) is 42.0 Å². The molecule has 2 rings (SSSR count). The predicted octanol–water partition coefficient (Wildman–Crippen LogP) is 3.69. The minimum atomic E-state index is -0.759. The smallest absolute Gasteiger partial charge is 0.164 e. The molecule has 2 aromatic rings. The molecule has 0 radical (unpaired) electrons. The number of aliphatic hydroxyl groups excluding tert-OH is 1. The maximum Gasteiger partial charge on any atom is 0.164 e. The second-order valence-corrected chi connectivity index (χ2v) is 6.03. The van der Waals surface area contributed by atoms with Crippen molar-refractivity contribution in [3.63, 3.8) is 0 Å². The van der Waals surface area contributed by atoms with E-state index in [1.54, 1.807) is 4.90 Å². The summed E-state index contributed by atoms with van der Waals surface area (Å²) in [4.78, 5) is 12.4. The normalized spacial score (nSPS) is 10.8. The maximum atomic E-state index is 13.5. The molecule has 0 unspecified atom stereocenters. The number of carbonyl (C=O) groups excluding carboxylic acids is 1. The number of carbonyl (C=O) groups is 1. The third kappa shape index (κ3) is 5.37. The van der Waals surface area contributed by atoms with Crippen LogP contribution in [0.2, 0.25) is 0 Å². The van der Waals surface area contributed by atoms with Gasteiger partial charge in [-0.3, -0.25) is 0 Å². The van der Waals surface area contributed by atoms with Crippen LogP contribution in [-0.2, 0) is 11.2 Å². The zero-order valence-corrected chi connectivity index (χ0v) is 15.9. The zero-order chi connectivity index (χ0) is 19.4. The molecule has 0 aliphatic carbocycles. The number of hydrogen-bond acceptors (Lipinski definition) is 5. The molecule has 0 aliphatic rings. The fraction of sp³-hybridized carbons (Fsp3) is 0.316. The van der Waals surface area contributed by atoms with Gasteiger partial charge in [0, 0.05) is 19.2 Å². The second-order valence-electron chi connectivity index (χ2n) is 5.03. The highest BCUT2D eigenvalue weighted by atomic mass is 32.2. The summed E-state index contributed by atoms with van der Waals surface area (Å²) in [7, 11) is 1.00. The highest BCUT2D eigenvalue weighted by Crippen LogP contribution is 2.31. The Hall–Kier alpha value is -2.25. The molecule has 0 heterocycles. The van der Waals surface area contributed by atoms with E-state index in [1.807, 2.05) is 30.3 Å². The van der Waals surface area contributed by atoms with E-state index >= 15 is 0 Å². The van der Waals surface area contributed by atoms with Gasteiger partial charge in [0.2, 0.25) is 0 Å². The van der Waals surface area contributed by atoms with Gasteiger partial charge in [0.1, 0.15) is 13.0 Å². The van der Waals surface area contributed by atoms with Gasteiger partial charge in [-0.15, -0.1) is 16.9 Å². The molecule has 7 heteroatoms. The summed E-state index contributed by atoms with van der Waals surface area (Å²) in [5, 5.41) is 16.5. The monoisotopic (exact) mass is 377 g/mol. The number of benzene rings is 2. The third-order valence-corrected chi connectivity index (χ3v) is 4.50. The number of amidine groups is 1. The fourth-order valence-corrected chi connectivity index (χ4v) is 3.27. The Labute approximate surface area is 157 Å². The van der Waals surface area contributed by atoms with E-state index in [0.717, 1.165) is 36.3 Å². The van der Waals surface area contributed by atoms with Gasteiger partial charge in [0.15, 0.2) is 5.84 Å². The molecule has 1 N–H and O–H groups in total. The average Bonchev–Trinajstić information content (AvgIpc) is 2.71. The first-order valence-electron chi connectivity index (χ1n) is 8.09. The van der Waals surface area contributed by atoms with E-state index in [9.17, 15) is 9.18 Å². The van der Waals surface area contributed by atoms with Crippen LogP contribution in [0.4, 0.5) is 10.1 Å². The van der Waals surface area contributed by atoms with Crippen LogP contribution in [0.25, 0.3) is 10.8 Å². The van der Waals surface area contributed by atoms with Gasteiger partial charge in [-0.2, -0.15) is 5.10 Å². The summed E-state index contributed by atoms with van der Waals surface area (Å²) in [6.07, 6.45) is 1.75. The van der Waals surface area contributed by atoms with E-state index < -0.39 is 6.67 Å². The standard InChI is InChI=1S/C18H20FN3OS.CH4O/c1-3-14-8-9-17(16-7-5-4-6-15(14)16)22(13-24-11-10-23)18(12-19)21-20-2;1-2/h4-10H,2-3,11-13H2,1H3;2H,1H3/b21-18-;. The van der Waals surface area contributed by atoms with Gasteiger partial charge in [0.05, 0.1) is 17.3 Å². The van der Waals surface area contributed by atoms with E-state index in [0.29, 0.717) is 11.6 Å². The number of aldehydes is 1.